The van der Waals surface area contributed by atoms with Crippen molar-refractivity contribution in [3.8, 4) is 6.07 Å². The van der Waals surface area contributed by atoms with Crippen LogP contribution in [0.3, 0.4) is 0 Å². The Morgan fingerprint density at radius 1 is 1.40 bits per heavy atom. The summed E-state index contributed by atoms with van der Waals surface area (Å²) in [7, 11) is 0. The van der Waals surface area contributed by atoms with Gasteiger partial charge in [0.25, 0.3) is 0 Å². The van der Waals surface area contributed by atoms with E-state index in [4.69, 9.17) is 5.26 Å². The summed E-state index contributed by atoms with van der Waals surface area (Å²) in [5.74, 6) is 0.635. The van der Waals surface area contributed by atoms with E-state index in [1.807, 2.05) is 6.92 Å². The molecule has 0 radical (unpaired) electrons. The monoisotopic (exact) mass is 231 g/mol. The van der Waals surface area contributed by atoms with Crippen molar-refractivity contribution < 1.29 is 13.2 Å². The topological polar surface area (TPSA) is 23.8 Å². The van der Waals surface area contributed by atoms with Crippen LogP contribution in [0.15, 0.2) is 23.1 Å². The number of nitrogens with zero attached hydrogens (tertiary/aromatic N) is 1. The predicted octanol–water partition coefficient (Wildman–Crippen LogP) is 3.69. The van der Waals surface area contributed by atoms with Crippen molar-refractivity contribution in [1.82, 2.24) is 0 Å². The maximum atomic E-state index is 12.5. The SMILES string of the molecule is CCSc1cccc(C(F)(F)F)c1C#N. The van der Waals surface area contributed by atoms with E-state index in [1.54, 1.807) is 6.07 Å². The molecule has 5 heteroatoms. The predicted molar refractivity (Wildman–Crippen MR) is 52.6 cm³/mol. The summed E-state index contributed by atoms with van der Waals surface area (Å²) in [5, 5.41) is 8.73. The van der Waals surface area contributed by atoms with Crippen molar-refractivity contribution >= 4 is 11.8 Å². The Labute approximate surface area is 89.9 Å². The molecule has 0 spiro atoms. The van der Waals surface area contributed by atoms with Crippen molar-refractivity contribution in [2.45, 2.75) is 18.0 Å². The Balaban J connectivity index is 3.30. The van der Waals surface area contributed by atoms with Gasteiger partial charge in [0.1, 0.15) is 6.07 Å². The van der Waals surface area contributed by atoms with Crippen LogP contribution >= 0.6 is 11.8 Å². The lowest BCUT2D eigenvalue weighted by Gasteiger charge is -2.10. The molecule has 0 bridgehead atoms. The highest BCUT2D eigenvalue weighted by Gasteiger charge is 2.34. The van der Waals surface area contributed by atoms with E-state index in [0.29, 0.717) is 10.6 Å². The molecule has 0 saturated carbocycles. The van der Waals surface area contributed by atoms with Crippen LogP contribution in [0.5, 0.6) is 0 Å². The van der Waals surface area contributed by atoms with E-state index in [2.05, 4.69) is 0 Å². The molecule has 0 aromatic heterocycles. The molecule has 1 rings (SSSR count). The van der Waals surface area contributed by atoms with Gasteiger partial charge >= 0.3 is 6.18 Å². The normalized spacial score (nSPS) is 11.1. The third-order valence-corrected chi connectivity index (χ3v) is 2.68. The Bertz CT molecular complexity index is 393. The number of halogens is 3. The second-order valence-electron chi connectivity index (χ2n) is 2.72. The van der Waals surface area contributed by atoms with Crippen LogP contribution in [0.1, 0.15) is 18.1 Å². The molecule has 15 heavy (non-hydrogen) atoms. The van der Waals surface area contributed by atoms with Gasteiger partial charge in [-0.2, -0.15) is 18.4 Å². The molecule has 0 heterocycles. The van der Waals surface area contributed by atoms with E-state index < -0.39 is 11.7 Å². The fourth-order valence-electron chi connectivity index (χ4n) is 1.16. The summed E-state index contributed by atoms with van der Waals surface area (Å²) in [4.78, 5) is 0.384. The summed E-state index contributed by atoms with van der Waals surface area (Å²) in [6.45, 7) is 1.83. The van der Waals surface area contributed by atoms with Crippen LogP contribution in [0, 0.1) is 11.3 Å². The summed E-state index contributed by atoms with van der Waals surface area (Å²) in [6, 6.07) is 5.39. The third-order valence-electron chi connectivity index (χ3n) is 1.74. The molecule has 0 amide bonds. The number of hydrogen-bond acceptors (Lipinski definition) is 2. The average Bonchev–Trinajstić information content (AvgIpc) is 2.16. The summed E-state index contributed by atoms with van der Waals surface area (Å²) < 4.78 is 37.5. The van der Waals surface area contributed by atoms with Gasteiger partial charge in [0.05, 0.1) is 11.1 Å². The van der Waals surface area contributed by atoms with Gasteiger partial charge in [0.2, 0.25) is 0 Å². The van der Waals surface area contributed by atoms with Crippen molar-refractivity contribution in [1.29, 1.82) is 5.26 Å². The zero-order valence-corrected chi connectivity index (χ0v) is 8.75. The zero-order chi connectivity index (χ0) is 11.5. The Morgan fingerprint density at radius 2 is 2.07 bits per heavy atom. The first-order valence-electron chi connectivity index (χ1n) is 4.23. The van der Waals surface area contributed by atoms with Gasteiger partial charge in [-0.15, -0.1) is 11.8 Å². The molecule has 1 nitrogen and oxygen atoms in total. The maximum Gasteiger partial charge on any atom is 0.417 e. The van der Waals surface area contributed by atoms with Crippen LogP contribution < -0.4 is 0 Å². The standard InChI is InChI=1S/C10H8F3NS/c1-2-15-9-5-3-4-8(7(9)6-14)10(11,12)13/h3-5H,2H2,1H3. The van der Waals surface area contributed by atoms with Gasteiger partial charge in [-0.1, -0.05) is 13.0 Å². The zero-order valence-electron chi connectivity index (χ0n) is 7.93. The van der Waals surface area contributed by atoms with Gasteiger partial charge < -0.3 is 0 Å². The number of nitriles is 1. The van der Waals surface area contributed by atoms with Crippen LogP contribution in [-0.2, 0) is 6.18 Å². The minimum Gasteiger partial charge on any atom is -0.192 e. The first-order valence-corrected chi connectivity index (χ1v) is 5.22. The average molecular weight is 231 g/mol. The first kappa shape index (κ1) is 11.9. The van der Waals surface area contributed by atoms with E-state index in [1.165, 1.54) is 23.9 Å². The second kappa shape index (κ2) is 4.58. The fraction of sp³-hybridized carbons (Fsp3) is 0.300. The van der Waals surface area contributed by atoms with Crippen molar-refractivity contribution in [3.63, 3.8) is 0 Å². The van der Waals surface area contributed by atoms with Gasteiger partial charge in [-0.3, -0.25) is 0 Å². The van der Waals surface area contributed by atoms with Crippen LogP contribution in [0.4, 0.5) is 13.2 Å². The van der Waals surface area contributed by atoms with E-state index in [9.17, 15) is 13.2 Å². The fourth-order valence-corrected chi connectivity index (χ4v) is 1.94. The summed E-state index contributed by atoms with van der Waals surface area (Å²) in [6.07, 6.45) is -4.46. The maximum absolute atomic E-state index is 12.5. The lowest BCUT2D eigenvalue weighted by Crippen LogP contribution is -2.08. The van der Waals surface area contributed by atoms with E-state index >= 15 is 0 Å². The molecule has 0 unspecified atom stereocenters. The second-order valence-corrected chi connectivity index (χ2v) is 4.03. The lowest BCUT2D eigenvalue weighted by atomic mass is 10.1. The Morgan fingerprint density at radius 3 is 2.53 bits per heavy atom. The van der Waals surface area contributed by atoms with Crippen LogP contribution in [0.2, 0.25) is 0 Å². The lowest BCUT2D eigenvalue weighted by molar-refractivity contribution is -0.137. The van der Waals surface area contributed by atoms with Gasteiger partial charge in [0, 0.05) is 4.90 Å². The van der Waals surface area contributed by atoms with Crippen molar-refractivity contribution in [3.05, 3.63) is 29.3 Å². The van der Waals surface area contributed by atoms with E-state index in [0.717, 1.165) is 6.07 Å². The third kappa shape index (κ3) is 2.66. The first-order chi connectivity index (χ1) is 7.00. The smallest absolute Gasteiger partial charge is 0.192 e. The van der Waals surface area contributed by atoms with Gasteiger partial charge in [-0.05, 0) is 17.9 Å². The quantitative estimate of drug-likeness (QED) is 0.725. The molecule has 80 valence electrons. The molecule has 0 aliphatic carbocycles. The number of rotatable bonds is 2. The van der Waals surface area contributed by atoms with Crippen molar-refractivity contribution in [2.24, 2.45) is 0 Å². The van der Waals surface area contributed by atoms with Crippen LogP contribution in [0.25, 0.3) is 0 Å². The summed E-state index contributed by atoms with van der Waals surface area (Å²) in [5.41, 5.74) is -1.14. The van der Waals surface area contributed by atoms with Gasteiger partial charge in [-0.25, -0.2) is 0 Å². The molecule has 0 aliphatic heterocycles. The molecular weight excluding hydrogens is 223 g/mol. The summed E-state index contributed by atoms with van der Waals surface area (Å²) >= 11 is 1.23. The highest BCUT2D eigenvalue weighted by atomic mass is 32.2. The molecule has 1 aromatic carbocycles. The Hall–Kier alpha value is -1.15. The number of benzene rings is 1. The molecule has 1 aromatic rings. The molecule has 0 aliphatic rings. The molecule has 0 fully saturated rings. The number of thioether (sulfide) groups is 1. The van der Waals surface area contributed by atoms with E-state index in [-0.39, 0.29) is 5.56 Å². The molecule has 0 atom stereocenters. The minimum atomic E-state index is -4.46. The molecule has 0 saturated heterocycles. The molecule has 0 N–H and O–H groups in total. The molecular formula is C10H8F3NS. The van der Waals surface area contributed by atoms with Crippen LogP contribution in [-0.4, -0.2) is 5.75 Å². The van der Waals surface area contributed by atoms with Gasteiger partial charge in [0.15, 0.2) is 0 Å². The largest absolute Gasteiger partial charge is 0.417 e. The number of alkyl halides is 3. The van der Waals surface area contributed by atoms with Crippen molar-refractivity contribution in [2.75, 3.05) is 5.75 Å². The minimum absolute atomic E-state index is 0.281. The number of hydrogen-bond donors (Lipinski definition) is 0. The Kier molecular flexibility index (Phi) is 3.64. The highest BCUT2D eigenvalue weighted by Crippen LogP contribution is 2.35. The highest BCUT2D eigenvalue weighted by molar-refractivity contribution is 7.99.